The van der Waals surface area contributed by atoms with Gasteiger partial charge in [-0.3, -0.25) is 0 Å². The summed E-state index contributed by atoms with van der Waals surface area (Å²) < 4.78 is 13.6. The minimum atomic E-state index is -0.253. The van der Waals surface area contributed by atoms with E-state index in [9.17, 15) is 9.50 Å². The third kappa shape index (κ3) is 1.40. The van der Waals surface area contributed by atoms with Crippen molar-refractivity contribution in [2.24, 2.45) is 0 Å². The molecule has 0 amide bonds. The molecule has 0 radical (unpaired) electrons. The van der Waals surface area contributed by atoms with Gasteiger partial charge in [-0.2, -0.15) is 0 Å². The van der Waals surface area contributed by atoms with E-state index in [4.69, 9.17) is 0 Å². The number of halogens is 2. The lowest BCUT2D eigenvalue weighted by atomic mass is 9.97. The summed E-state index contributed by atoms with van der Waals surface area (Å²) in [5, 5.41) is 9.18. The van der Waals surface area contributed by atoms with Crippen molar-refractivity contribution in [2.75, 3.05) is 6.61 Å². The SMILES string of the molecule is OCC1(c2cccc(F)c2Br)CC1. The van der Waals surface area contributed by atoms with Gasteiger partial charge < -0.3 is 5.11 Å². The van der Waals surface area contributed by atoms with Crippen LogP contribution in [0.5, 0.6) is 0 Å². The molecule has 1 aromatic rings. The molecule has 2 rings (SSSR count). The van der Waals surface area contributed by atoms with E-state index in [2.05, 4.69) is 15.9 Å². The predicted octanol–water partition coefficient (Wildman–Crippen LogP) is 2.61. The standard InChI is InChI=1S/C10H10BrFO/c11-9-7(2-1-3-8(9)12)10(6-13)4-5-10/h1-3,13H,4-6H2. The van der Waals surface area contributed by atoms with E-state index in [1.54, 1.807) is 6.07 Å². The minimum absolute atomic E-state index is 0.106. The normalized spacial score (nSPS) is 18.7. The first-order valence-electron chi connectivity index (χ1n) is 4.25. The molecule has 1 N–H and O–H groups in total. The second-order valence-electron chi connectivity index (χ2n) is 3.54. The van der Waals surface area contributed by atoms with Gasteiger partial charge >= 0.3 is 0 Å². The summed E-state index contributed by atoms with van der Waals surface area (Å²) in [5.41, 5.74) is 0.732. The van der Waals surface area contributed by atoms with Crippen molar-refractivity contribution in [3.63, 3.8) is 0 Å². The Morgan fingerprint density at radius 1 is 1.46 bits per heavy atom. The van der Waals surface area contributed by atoms with E-state index >= 15 is 0 Å². The summed E-state index contributed by atoms with van der Waals surface area (Å²) in [7, 11) is 0. The number of hydrogen-bond donors (Lipinski definition) is 1. The quantitative estimate of drug-likeness (QED) is 0.849. The predicted molar refractivity (Wildman–Crippen MR) is 52.1 cm³/mol. The van der Waals surface area contributed by atoms with Crippen LogP contribution in [0.1, 0.15) is 18.4 Å². The van der Waals surface area contributed by atoms with Crippen LogP contribution in [-0.4, -0.2) is 11.7 Å². The van der Waals surface area contributed by atoms with Gasteiger partial charge in [-0.05, 0) is 40.4 Å². The second kappa shape index (κ2) is 3.07. The molecule has 0 unspecified atom stereocenters. The zero-order valence-corrected chi connectivity index (χ0v) is 8.64. The van der Waals surface area contributed by atoms with E-state index in [0.717, 1.165) is 18.4 Å². The van der Waals surface area contributed by atoms with Gasteiger partial charge in [0.25, 0.3) is 0 Å². The fraction of sp³-hybridized carbons (Fsp3) is 0.400. The lowest BCUT2D eigenvalue weighted by molar-refractivity contribution is 0.254. The number of benzene rings is 1. The van der Waals surface area contributed by atoms with Gasteiger partial charge in [-0.25, -0.2) is 4.39 Å². The summed E-state index contributed by atoms with van der Waals surface area (Å²) in [6.07, 6.45) is 1.90. The molecule has 1 aromatic carbocycles. The number of rotatable bonds is 2. The summed E-state index contributed by atoms with van der Waals surface area (Å²) in [5.74, 6) is -0.253. The molecule has 0 aromatic heterocycles. The largest absolute Gasteiger partial charge is 0.395 e. The van der Waals surface area contributed by atoms with Crippen molar-refractivity contribution in [1.29, 1.82) is 0 Å². The first-order valence-corrected chi connectivity index (χ1v) is 5.04. The molecule has 0 bridgehead atoms. The molecule has 0 spiro atoms. The van der Waals surface area contributed by atoms with E-state index in [1.807, 2.05) is 6.07 Å². The first kappa shape index (κ1) is 9.16. The summed E-state index contributed by atoms with van der Waals surface area (Å²) in [6.45, 7) is 0.106. The van der Waals surface area contributed by atoms with E-state index in [-0.39, 0.29) is 17.8 Å². The van der Waals surface area contributed by atoms with Crippen LogP contribution in [-0.2, 0) is 5.41 Å². The fourth-order valence-electron chi connectivity index (χ4n) is 1.58. The van der Waals surface area contributed by atoms with Crippen LogP contribution in [0.15, 0.2) is 22.7 Å². The second-order valence-corrected chi connectivity index (χ2v) is 4.33. The highest BCUT2D eigenvalue weighted by atomic mass is 79.9. The smallest absolute Gasteiger partial charge is 0.137 e. The molecule has 0 heterocycles. The van der Waals surface area contributed by atoms with Crippen molar-refractivity contribution in [2.45, 2.75) is 18.3 Å². The third-order valence-electron chi connectivity index (χ3n) is 2.68. The molecule has 0 aliphatic heterocycles. The molecule has 1 aliphatic carbocycles. The van der Waals surface area contributed by atoms with Gasteiger partial charge in [0.15, 0.2) is 0 Å². The molecule has 0 atom stereocenters. The summed E-state index contributed by atoms with van der Waals surface area (Å²) in [4.78, 5) is 0. The molecule has 0 saturated heterocycles. The van der Waals surface area contributed by atoms with Crippen LogP contribution < -0.4 is 0 Å². The van der Waals surface area contributed by atoms with Crippen LogP contribution in [0.2, 0.25) is 0 Å². The van der Waals surface area contributed by atoms with Gasteiger partial charge in [0.1, 0.15) is 5.82 Å². The lowest BCUT2D eigenvalue weighted by Gasteiger charge is -2.14. The molecule has 1 aliphatic rings. The maximum Gasteiger partial charge on any atom is 0.137 e. The Morgan fingerprint density at radius 3 is 2.69 bits per heavy atom. The van der Waals surface area contributed by atoms with Gasteiger partial charge in [0.05, 0.1) is 11.1 Å². The number of hydrogen-bond acceptors (Lipinski definition) is 1. The third-order valence-corrected chi connectivity index (χ3v) is 3.49. The Hall–Kier alpha value is -0.410. The Labute approximate surface area is 84.7 Å². The molecule has 1 saturated carbocycles. The maximum absolute atomic E-state index is 13.1. The zero-order valence-electron chi connectivity index (χ0n) is 7.06. The molecule has 3 heteroatoms. The summed E-state index contributed by atoms with van der Waals surface area (Å²) in [6, 6.07) is 4.97. The number of aliphatic hydroxyl groups is 1. The van der Waals surface area contributed by atoms with E-state index < -0.39 is 0 Å². The molecular formula is C10H10BrFO. The van der Waals surface area contributed by atoms with Crippen molar-refractivity contribution in [3.8, 4) is 0 Å². The summed E-state index contributed by atoms with van der Waals surface area (Å²) >= 11 is 3.21. The van der Waals surface area contributed by atoms with Crippen LogP contribution in [0, 0.1) is 5.82 Å². The fourth-order valence-corrected chi connectivity index (χ4v) is 2.26. The van der Waals surface area contributed by atoms with Crippen LogP contribution >= 0.6 is 15.9 Å². The van der Waals surface area contributed by atoms with Crippen molar-refractivity contribution >= 4 is 15.9 Å². The van der Waals surface area contributed by atoms with Crippen LogP contribution in [0.3, 0.4) is 0 Å². The average Bonchev–Trinajstić information content (AvgIpc) is 2.90. The Morgan fingerprint density at radius 2 is 2.15 bits per heavy atom. The molecule has 13 heavy (non-hydrogen) atoms. The molecular weight excluding hydrogens is 235 g/mol. The highest BCUT2D eigenvalue weighted by molar-refractivity contribution is 9.10. The Bertz CT molecular complexity index is 334. The number of aliphatic hydroxyl groups excluding tert-OH is 1. The van der Waals surface area contributed by atoms with Gasteiger partial charge in [0.2, 0.25) is 0 Å². The van der Waals surface area contributed by atoms with E-state index in [1.165, 1.54) is 6.07 Å². The first-order chi connectivity index (χ1) is 6.19. The minimum Gasteiger partial charge on any atom is -0.395 e. The molecule has 1 fully saturated rings. The van der Waals surface area contributed by atoms with Crippen LogP contribution in [0.25, 0.3) is 0 Å². The highest BCUT2D eigenvalue weighted by Gasteiger charge is 2.45. The molecule has 1 nitrogen and oxygen atoms in total. The molecule has 70 valence electrons. The van der Waals surface area contributed by atoms with Gasteiger partial charge in [-0.1, -0.05) is 12.1 Å². The van der Waals surface area contributed by atoms with Crippen molar-refractivity contribution in [1.82, 2.24) is 0 Å². The van der Waals surface area contributed by atoms with E-state index in [0.29, 0.717) is 4.47 Å². The van der Waals surface area contributed by atoms with Gasteiger partial charge in [-0.15, -0.1) is 0 Å². The maximum atomic E-state index is 13.1. The monoisotopic (exact) mass is 244 g/mol. The average molecular weight is 245 g/mol. The van der Waals surface area contributed by atoms with Crippen LogP contribution in [0.4, 0.5) is 4.39 Å². The van der Waals surface area contributed by atoms with Crippen molar-refractivity contribution < 1.29 is 9.50 Å². The highest BCUT2D eigenvalue weighted by Crippen LogP contribution is 2.50. The Balaban J connectivity index is 2.46. The van der Waals surface area contributed by atoms with Crippen molar-refractivity contribution in [3.05, 3.63) is 34.1 Å². The van der Waals surface area contributed by atoms with Gasteiger partial charge in [0, 0.05) is 5.41 Å². The Kier molecular flexibility index (Phi) is 2.16. The zero-order chi connectivity index (χ0) is 9.47. The lowest BCUT2D eigenvalue weighted by Crippen LogP contribution is -2.13. The topological polar surface area (TPSA) is 20.2 Å².